The minimum atomic E-state index is -0.0589. The molecule has 2 aromatic rings. The summed E-state index contributed by atoms with van der Waals surface area (Å²) in [6.45, 7) is 3.37. The lowest BCUT2D eigenvalue weighted by Gasteiger charge is -2.12. The average Bonchev–Trinajstić information content (AvgIpc) is 2.82. The van der Waals surface area contributed by atoms with Crippen molar-refractivity contribution < 1.29 is 4.74 Å². The molecule has 0 saturated heterocycles. The Balaban J connectivity index is 2.01. The highest BCUT2D eigenvalue weighted by molar-refractivity contribution is 7.17. The maximum absolute atomic E-state index is 11.7. The van der Waals surface area contributed by atoms with Crippen molar-refractivity contribution in [2.45, 2.75) is 25.9 Å². The number of aromatic nitrogens is 2. The standard InChI is InChI=1S/C12H17N3O2S/c1-8(3-5-17-2)13-7-10-14-9-4-6-18-11(9)12(16)15-10/h4,6,8,13H,3,5,7H2,1-2H3,(H,14,15,16). The van der Waals surface area contributed by atoms with Crippen LogP contribution in [0, 0.1) is 0 Å². The molecule has 98 valence electrons. The lowest BCUT2D eigenvalue weighted by molar-refractivity contribution is 0.184. The Morgan fingerprint density at radius 3 is 3.22 bits per heavy atom. The van der Waals surface area contributed by atoms with Crippen LogP contribution in [0.25, 0.3) is 10.2 Å². The normalized spacial score (nSPS) is 13.0. The van der Waals surface area contributed by atoms with Gasteiger partial charge in [-0.25, -0.2) is 4.98 Å². The molecule has 18 heavy (non-hydrogen) atoms. The first-order valence-corrected chi connectivity index (χ1v) is 6.77. The highest BCUT2D eigenvalue weighted by Gasteiger charge is 2.06. The monoisotopic (exact) mass is 267 g/mol. The van der Waals surface area contributed by atoms with Crippen molar-refractivity contribution in [3.05, 3.63) is 27.6 Å². The minimum Gasteiger partial charge on any atom is -0.385 e. The topological polar surface area (TPSA) is 67.0 Å². The maximum Gasteiger partial charge on any atom is 0.268 e. The second kappa shape index (κ2) is 6.08. The van der Waals surface area contributed by atoms with Gasteiger partial charge in [-0.2, -0.15) is 0 Å². The molecule has 1 atom stereocenters. The number of hydrogen-bond donors (Lipinski definition) is 2. The van der Waals surface area contributed by atoms with Gasteiger partial charge in [0, 0.05) is 19.8 Å². The summed E-state index contributed by atoms with van der Waals surface area (Å²) in [5.41, 5.74) is 0.710. The molecule has 6 heteroatoms. The molecule has 0 aliphatic rings. The van der Waals surface area contributed by atoms with Crippen molar-refractivity contribution in [1.82, 2.24) is 15.3 Å². The van der Waals surface area contributed by atoms with Crippen LogP contribution in [-0.2, 0) is 11.3 Å². The Hall–Kier alpha value is -1.24. The number of hydrogen-bond acceptors (Lipinski definition) is 5. The summed E-state index contributed by atoms with van der Waals surface area (Å²) in [6.07, 6.45) is 0.932. The third-order valence-corrected chi connectivity index (χ3v) is 3.64. The van der Waals surface area contributed by atoms with Crippen LogP contribution in [0.2, 0.25) is 0 Å². The SMILES string of the molecule is COCCC(C)NCc1nc2ccsc2c(=O)[nH]1. The highest BCUT2D eigenvalue weighted by atomic mass is 32.1. The van der Waals surface area contributed by atoms with E-state index in [1.807, 2.05) is 11.4 Å². The van der Waals surface area contributed by atoms with Crippen LogP contribution < -0.4 is 10.9 Å². The van der Waals surface area contributed by atoms with E-state index in [1.165, 1.54) is 11.3 Å². The maximum atomic E-state index is 11.7. The van der Waals surface area contributed by atoms with E-state index < -0.39 is 0 Å². The highest BCUT2D eigenvalue weighted by Crippen LogP contribution is 2.13. The number of H-pyrrole nitrogens is 1. The van der Waals surface area contributed by atoms with Crippen LogP contribution in [-0.4, -0.2) is 29.7 Å². The van der Waals surface area contributed by atoms with Gasteiger partial charge < -0.3 is 15.0 Å². The van der Waals surface area contributed by atoms with Crippen molar-refractivity contribution in [3.63, 3.8) is 0 Å². The number of rotatable bonds is 6. The van der Waals surface area contributed by atoms with Crippen LogP contribution >= 0.6 is 11.3 Å². The van der Waals surface area contributed by atoms with Gasteiger partial charge in [0.1, 0.15) is 10.5 Å². The lowest BCUT2D eigenvalue weighted by Crippen LogP contribution is -2.28. The van der Waals surface area contributed by atoms with Gasteiger partial charge in [0.05, 0.1) is 12.1 Å². The zero-order valence-corrected chi connectivity index (χ0v) is 11.3. The molecule has 0 bridgehead atoms. The van der Waals surface area contributed by atoms with Gasteiger partial charge in [0.15, 0.2) is 0 Å². The van der Waals surface area contributed by atoms with Crippen molar-refractivity contribution >= 4 is 21.6 Å². The van der Waals surface area contributed by atoms with E-state index in [9.17, 15) is 4.79 Å². The Kier molecular flexibility index (Phi) is 4.46. The number of thiophene rings is 1. The lowest BCUT2D eigenvalue weighted by atomic mass is 10.2. The van der Waals surface area contributed by atoms with E-state index in [0.717, 1.165) is 18.5 Å². The summed E-state index contributed by atoms with van der Waals surface area (Å²) in [7, 11) is 1.69. The zero-order chi connectivity index (χ0) is 13.0. The molecule has 2 N–H and O–H groups in total. The zero-order valence-electron chi connectivity index (χ0n) is 10.5. The van der Waals surface area contributed by atoms with Gasteiger partial charge in [0.2, 0.25) is 0 Å². The van der Waals surface area contributed by atoms with Crippen molar-refractivity contribution in [1.29, 1.82) is 0 Å². The molecule has 5 nitrogen and oxygen atoms in total. The molecule has 0 fully saturated rings. The third kappa shape index (κ3) is 3.16. The molecular formula is C12H17N3O2S. The molecule has 0 aromatic carbocycles. The molecule has 0 aliphatic heterocycles. The molecule has 0 radical (unpaired) electrons. The van der Waals surface area contributed by atoms with E-state index >= 15 is 0 Å². The van der Waals surface area contributed by atoms with Gasteiger partial charge in [-0.15, -0.1) is 11.3 Å². The Morgan fingerprint density at radius 1 is 1.61 bits per heavy atom. The van der Waals surface area contributed by atoms with Gasteiger partial charge in [-0.1, -0.05) is 0 Å². The van der Waals surface area contributed by atoms with Crippen molar-refractivity contribution in [2.24, 2.45) is 0 Å². The first kappa shape index (κ1) is 13.2. The van der Waals surface area contributed by atoms with Gasteiger partial charge in [-0.3, -0.25) is 4.79 Å². The largest absolute Gasteiger partial charge is 0.385 e. The molecule has 1 unspecified atom stereocenters. The van der Waals surface area contributed by atoms with Gasteiger partial charge >= 0.3 is 0 Å². The van der Waals surface area contributed by atoms with Gasteiger partial charge in [-0.05, 0) is 24.8 Å². The van der Waals surface area contributed by atoms with E-state index in [2.05, 4.69) is 22.2 Å². The Bertz CT molecular complexity index is 564. The number of fused-ring (bicyclic) bond motifs is 1. The van der Waals surface area contributed by atoms with Gasteiger partial charge in [0.25, 0.3) is 5.56 Å². The molecular weight excluding hydrogens is 250 g/mol. The quantitative estimate of drug-likeness (QED) is 0.832. The predicted octanol–water partition coefficient (Wildman–Crippen LogP) is 1.50. The van der Waals surface area contributed by atoms with E-state index in [4.69, 9.17) is 4.74 Å². The van der Waals surface area contributed by atoms with Crippen molar-refractivity contribution in [2.75, 3.05) is 13.7 Å². The van der Waals surface area contributed by atoms with Crippen LogP contribution in [0.1, 0.15) is 19.2 Å². The molecule has 2 aromatic heterocycles. The molecule has 0 spiro atoms. The van der Waals surface area contributed by atoms with Crippen molar-refractivity contribution in [3.8, 4) is 0 Å². The van der Waals surface area contributed by atoms with Crippen LogP contribution in [0.3, 0.4) is 0 Å². The predicted molar refractivity (Wildman–Crippen MR) is 73.0 cm³/mol. The molecule has 0 amide bonds. The Morgan fingerprint density at radius 2 is 2.44 bits per heavy atom. The second-order valence-corrected chi connectivity index (χ2v) is 5.13. The fourth-order valence-electron chi connectivity index (χ4n) is 1.67. The number of nitrogens with one attached hydrogen (secondary N) is 2. The number of nitrogens with zero attached hydrogens (tertiary/aromatic N) is 1. The molecule has 0 aliphatic carbocycles. The number of aromatic amines is 1. The Labute approximate surface area is 109 Å². The number of ether oxygens (including phenoxy) is 1. The summed E-state index contributed by atoms with van der Waals surface area (Å²) in [4.78, 5) is 19.0. The minimum absolute atomic E-state index is 0.0589. The smallest absolute Gasteiger partial charge is 0.268 e. The summed E-state index contributed by atoms with van der Waals surface area (Å²) >= 11 is 1.41. The van der Waals surface area contributed by atoms with Crippen LogP contribution in [0.5, 0.6) is 0 Å². The third-order valence-electron chi connectivity index (χ3n) is 2.74. The molecule has 0 saturated carbocycles. The number of methoxy groups -OCH3 is 1. The first-order chi connectivity index (χ1) is 8.70. The summed E-state index contributed by atoms with van der Waals surface area (Å²) < 4.78 is 5.71. The summed E-state index contributed by atoms with van der Waals surface area (Å²) in [5.74, 6) is 0.676. The molecule has 2 heterocycles. The first-order valence-electron chi connectivity index (χ1n) is 5.89. The summed E-state index contributed by atoms with van der Waals surface area (Å²) in [6, 6.07) is 2.20. The second-order valence-electron chi connectivity index (χ2n) is 4.21. The van der Waals surface area contributed by atoms with Crippen LogP contribution in [0.4, 0.5) is 0 Å². The van der Waals surface area contributed by atoms with E-state index in [1.54, 1.807) is 7.11 Å². The summed E-state index contributed by atoms with van der Waals surface area (Å²) in [5, 5.41) is 5.19. The van der Waals surface area contributed by atoms with E-state index in [-0.39, 0.29) is 5.56 Å². The van der Waals surface area contributed by atoms with Crippen LogP contribution in [0.15, 0.2) is 16.2 Å². The van der Waals surface area contributed by atoms with E-state index in [0.29, 0.717) is 23.1 Å². The molecule has 2 rings (SSSR count). The fraction of sp³-hybridized carbons (Fsp3) is 0.500. The average molecular weight is 267 g/mol. The fourth-order valence-corrected chi connectivity index (χ4v) is 2.40.